The summed E-state index contributed by atoms with van der Waals surface area (Å²) in [6.07, 6.45) is -1.36. The number of halogens is 3. The van der Waals surface area contributed by atoms with Gasteiger partial charge < -0.3 is 5.32 Å². The number of hydrogen-bond acceptors (Lipinski definition) is 4. The standard InChI is InChI=1S/C18H18F3N3OS/c1-11-2-4-12(5-3-11)16(13-6-7-13)24-15(25)10-26-17-22-9-8-14(23-17)18(19,20)21/h2-5,8-9,13,16H,6-7,10H2,1H3,(H,24,25). The molecule has 1 atom stereocenters. The Balaban J connectivity index is 1.60. The molecule has 26 heavy (non-hydrogen) atoms. The second kappa shape index (κ2) is 7.65. The average Bonchev–Trinajstić information content (AvgIpc) is 3.43. The molecule has 0 bridgehead atoms. The van der Waals surface area contributed by atoms with Crippen LogP contribution in [0.2, 0.25) is 0 Å². The van der Waals surface area contributed by atoms with Crippen LogP contribution in [0, 0.1) is 12.8 Å². The lowest BCUT2D eigenvalue weighted by Crippen LogP contribution is -2.31. The smallest absolute Gasteiger partial charge is 0.348 e. The van der Waals surface area contributed by atoms with Crippen LogP contribution < -0.4 is 5.32 Å². The summed E-state index contributed by atoms with van der Waals surface area (Å²) < 4.78 is 38.0. The van der Waals surface area contributed by atoms with Gasteiger partial charge in [0.2, 0.25) is 5.91 Å². The fourth-order valence-corrected chi connectivity index (χ4v) is 3.23. The molecule has 0 saturated heterocycles. The van der Waals surface area contributed by atoms with Crippen LogP contribution in [0.15, 0.2) is 41.7 Å². The normalized spacial score (nSPS) is 15.5. The van der Waals surface area contributed by atoms with Gasteiger partial charge in [0.25, 0.3) is 0 Å². The summed E-state index contributed by atoms with van der Waals surface area (Å²) in [6.45, 7) is 2.00. The number of nitrogens with zero attached hydrogens (tertiary/aromatic N) is 2. The zero-order chi connectivity index (χ0) is 18.7. The van der Waals surface area contributed by atoms with Crippen molar-refractivity contribution in [1.82, 2.24) is 15.3 Å². The molecule has 1 aromatic carbocycles. The summed E-state index contributed by atoms with van der Waals surface area (Å²) in [7, 11) is 0. The highest BCUT2D eigenvalue weighted by Crippen LogP contribution is 2.41. The summed E-state index contributed by atoms with van der Waals surface area (Å²) in [5, 5.41) is 2.93. The molecule has 1 amide bonds. The Morgan fingerprint density at radius 3 is 2.58 bits per heavy atom. The Morgan fingerprint density at radius 2 is 1.96 bits per heavy atom. The van der Waals surface area contributed by atoms with Gasteiger partial charge in [0, 0.05) is 6.20 Å². The number of nitrogens with one attached hydrogen (secondary N) is 1. The van der Waals surface area contributed by atoms with E-state index in [0.29, 0.717) is 5.92 Å². The summed E-state index contributed by atoms with van der Waals surface area (Å²) in [5.74, 6) is 0.140. The third-order valence-electron chi connectivity index (χ3n) is 4.10. The second-order valence-electron chi connectivity index (χ2n) is 6.30. The summed E-state index contributed by atoms with van der Waals surface area (Å²) in [5.41, 5.74) is 1.18. The number of hydrogen-bond donors (Lipinski definition) is 1. The molecule has 1 N–H and O–H groups in total. The van der Waals surface area contributed by atoms with Gasteiger partial charge in [-0.15, -0.1) is 0 Å². The lowest BCUT2D eigenvalue weighted by Gasteiger charge is -2.19. The fraction of sp³-hybridized carbons (Fsp3) is 0.389. The minimum absolute atomic E-state index is 0.0314. The van der Waals surface area contributed by atoms with E-state index in [1.807, 2.05) is 31.2 Å². The van der Waals surface area contributed by atoms with Crippen LogP contribution in [0.5, 0.6) is 0 Å². The van der Waals surface area contributed by atoms with E-state index in [9.17, 15) is 18.0 Å². The Bertz CT molecular complexity index is 776. The maximum atomic E-state index is 12.7. The lowest BCUT2D eigenvalue weighted by molar-refractivity contribution is -0.141. The van der Waals surface area contributed by atoms with E-state index in [4.69, 9.17) is 0 Å². The maximum absolute atomic E-state index is 12.7. The van der Waals surface area contributed by atoms with Crippen molar-refractivity contribution < 1.29 is 18.0 Å². The van der Waals surface area contributed by atoms with Crippen LogP contribution >= 0.6 is 11.8 Å². The van der Waals surface area contributed by atoms with Crippen molar-refractivity contribution in [3.05, 3.63) is 53.3 Å². The zero-order valence-electron chi connectivity index (χ0n) is 14.1. The van der Waals surface area contributed by atoms with E-state index in [1.54, 1.807) is 0 Å². The van der Waals surface area contributed by atoms with Crippen LogP contribution in [0.1, 0.15) is 35.7 Å². The van der Waals surface area contributed by atoms with Gasteiger partial charge in [0.15, 0.2) is 5.16 Å². The molecule has 0 radical (unpaired) electrons. The molecule has 0 aliphatic heterocycles. The molecule has 8 heteroatoms. The highest BCUT2D eigenvalue weighted by Gasteiger charge is 2.34. The van der Waals surface area contributed by atoms with Crippen molar-refractivity contribution in [2.24, 2.45) is 5.92 Å². The molecule has 1 heterocycles. The number of benzene rings is 1. The van der Waals surface area contributed by atoms with Gasteiger partial charge in [-0.1, -0.05) is 41.6 Å². The number of thioether (sulfide) groups is 1. The summed E-state index contributed by atoms with van der Waals surface area (Å²) in [6, 6.07) is 8.75. The van der Waals surface area contributed by atoms with Crippen LogP contribution in [0.4, 0.5) is 13.2 Å². The van der Waals surface area contributed by atoms with Crippen molar-refractivity contribution in [3.8, 4) is 0 Å². The molecular weight excluding hydrogens is 363 g/mol. The van der Waals surface area contributed by atoms with E-state index in [0.717, 1.165) is 48.0 Å². The predicted octanol–water partition coefficient (Wildman–Crippen LogP) is 4.16. The quantitative estimate of drug-likeness (QED) is 0.603. The Hall–Kier alpha value is -2.09. The third kappa shape index (κ3) is 4.97. The number of carbonyl (C=O) groups is 1. The Morgan fingerprint density at radius 1 is 1.27 bits per heavy atom. The molecule has 3 rings (SSSR count). The van der Waals surface area contributed by atoms with Crippen LogP contribution in [0.3, 0.4) is 0 Å². The van der Waals surface area contributed by atoms with E-state index in [-0.39, 0.29) is 22.9 Å². The first-order valence-corrected chi connectivity index (χ1v) is 9.20. The van der Waals surface area contributed by atoms with Gasteiger partial charge in [-0.2, -0.15) is 13.2 Å². The number of carbonyl (C=O) groups excluding carboxylic acids is 1. The predicted molar refractivity (Wildman–Crippen MR) is 92.5 cm³/mol. The van der Waals surface area contributed by atoms with E-state index in [2.05, 4.69) is 15.3 Å². The Labute approximate surface area is 153 Å². The van der Waals surface area contributed by atoms with Gasteiger partial charge in [0.05, 0.1) is 11.8 Å². The number of rotatable bonds is 6. The minimum atomic E-state index is -4.52. The monoisotopic (exact) mass is 381 g/mol. The number of alkyl halides is 3. The molecule has 1 unspecified atom stereocenters. The van der Waals surface area contributed by atoms with Gasteiger partial charge in [0.1, 0.15) is 5.69 Å². The molecule has 1 saturated carbocycles. The average molecular weight is 381 g/mol. The summed E-state index contributed by atoms with van der Waals surface area (Å²) in [4.78, 5) is 19.5. The molecule has 1 fully saturated rings. The van der Waals surface area contributed by atoms with E-state index in [1.165, 1.54) is 0 Å². The molecule has 4 nitrogen and oxygen atoms in total. The van der Waals surface area contributed by atoms with Crippen molar-refractivity contribution in [2.75, 3.05) is 5.75 Å². The topological polar surface area (TPSA) is 54.9 Å². The van der Waals surface area contributed by atoms with Gasteiger partial charge in [-0.25, -0.2) is 9.97 Å². The van der Waals surface area contributed by atoms with Crippen LogP contribution in [-0.4, -0.2) is 21.6 Å². The largest absolute Gasteiger partial charge is 0.433 e. The Kier molecular flexibility index (Phi) is 5.50. The highest BCUT2D eigenvalue weighted by atomic mass is 32.2. The van der Waals surface area contributed by atoms with Crippen molar-refractivity contribution in [1.29, 1.82) is 0 Å². The fourth-order valence-electron chi connectivity index (χ4n) is 2.59. The minimum Gasteiger partial charge on any atom is -0.348 e. The summed E-state index contributed by atoms with van der Waals surface area (Å²) >= 11 is 0.896. The molecule has 1 aliphatic rings. The second-order valence-corrected chi connectivity index (χ2v) is 7.25. The molecule has 1 aromatic heterocycles. The van der Waals surface area contributed by atoms with Gasteiger partial charge >= 0.3 is 6.18 Å². The van der Waals surface area contributed by atoms with Crippen LogP contribution in [-0.2, 0) is 11.0 Å². The van der Waals surface area contributed by atoms with Gasteiger partial charge in [-0.05, 0) is 37.3 Å². The van der Waals surface area contributed by atoms with Gasteiger partial charge in [-0.3, -0.25) is 4.79 Å². The lowest BCUT2D eigenvalue weighted by atomic mass is 10.0. The number of aromatic nitrogens is 2. The zero-order valence-corrected chi connectivity index (χ0v) is 14.9. The van der Waals surface area contributed by atoms with E-state index >= 15 is 0 Å². The molecule has 1 aliphatic carbocycles. The number of amides is 1. The molecule has 138 valence electrons. The first-order chi connectivity index (χ1) is 12.3. The highest BCUT2D eigenvalue weighted by molar-refractivity contribution is 7.99. The van der Waals surface area contributed by atoms with Crippen molar-refractivity contribution >= 4 is 17.7 Å². The first-order valence-electron chi connectivity index (χ1n) is 8.22. The number of aryl methyl sites for hydroxylation is 1. The van der Waals surface area contributed by atoms with Crippen molar-refractivity contribution in [3.63, 3.8) is 0 Å². The third-order valence-corrected chi connectivity index (χ3v) is 4.96. The maximum Gasteiger partial charge on any atom is 0.433 e. The first kappa shape index (κ1) is 18.7. The SMILES string of the molecule is Cc1ccc(C(NC(=O)CSc2nccc(C(F)(F)F)n2)C2CC2)cc1. The molecule has 2 aromatic rings. The van der Waals surface area contributed by atoms with Crippen molar-refractivity contribution in [2.45, 2.75) is 37.1 Å². The molecule has 0 spiro atoms. The molecular formula is C18H18F3N3OS. The van der Waals surface area contributed by atoms with Crippen LogP contribution in [0.25, 0.3) is 0 Å². The van der Waals surface area contributed by atoms with E-state index < -0.39 is 11.9 Å².